The lowest BCUT2D eigenvalue weighted by molar-refractivity contribution is 0.122. The molecule has 16 heavy (non-hydrogen) atoms. The summed E-state index contributed by atoms with van der Waals surface area (Å²) in [6.07, 6.45) is 0.912. The Morgan fingerprint density at radius 1 is 1.31 bits per heavy atom. The number of hydrogen-bond donors (Lipinski definition) is 2. The second-order valence-electron chi connectivity index (χ2n) is 4.10. The Morgan fingerprint density at radius 3 is 2.44 bits per heavy atom. The Bertz CT molecular complexity index is 305. The molecule has 3 nitrogen and oxygen atoms in total. The fourth-order valence-electron chi connectivity index (χ4n) is 1.84. The number of benzene rings is 1. The van der Waals surface area contributed by atoms with Crippen molar-refractivity contribution in [3.63, 3.8) is 0 Å². The topological polar surface area (TPSA) is 47.3 Å². The van der Waals surface area contributed by atoms with Gasteiger partial charge < -0.3 is 4.74 Å². The lowest BCUT2D eigenvalue weighted by Crippen LogP contribution is -2.40. The van der Waals surface area contributed by atoms with Crippen molar-refractivity contribution < 1.29 is 4.74 Å². The first kappa shape index (κ1) is 13.2. The van der Waals surface area contributed by atoms with E-state index >= 15 is 0 Å². The SMILES string of the molecule is CCOCC(Cc1c(C)cccc1C)NN. The number of hydrazine groups is 1. The van der Waals surface area contributed by atoms with Crippen LogP contribution >= 0.6 is 0 Å². The summed E-state index contributed by atoms with van der Waals surface area (Å²) in [6, 6.07) is 6.54. The fraction of sp³-hybridized carbons (Fsp3) is 0.538. The first-order valence-corrected chi connectivity index (χ1v) is 5.78. The molecule has 3 heteroatoms. The zero-order valence-corrected chi connectivity index (χ0v) is 10.4. The molecule has 0 amide bonds. The molecule has 1 unspecified atom stereocenters. The Hall–Kier alpha value is -0.900. The monoisotopic (exact) mass is 222 g/mol. The number of ether oxygens (including phenoxy) is 1. The van der Waals surface area contributed by atoms with E-state index in [9.17, 15) is 0 Å². The van der Waals surface area contributed by atoms with E-state index in [1.807, 2.05) is 6.92 Å². The summed E-state index contributed by atoms with van der Waals surface area (Å²) >= 11 is 0. The van der Waals surface area contributed by atoms with Crippen LogP contribution in [0.25, 0.3) is 0 Å². The Balaban J connectivity index is 2.69. The summed E-state index contributed by atoms with van der Waals surface area (Å²) in [7, 11) is 0. The summed E-state index contributed by atoms with van der Waals surface area (Å²) in [6.45, 7) is 7.64. The maximum atomic E-state index is 5.53. The largest absolute Gasteiger partial charge is 0.380 e. The lowest BCUT2D eigenvalue weighted by Gasteiger charge is -2.18. The molecule has 1 aromatic rings. The van der Waals surface area contributed by atoms with Crippen molar-refractivity contribution in [2.45, 2.75) is 33.2 Å². The van der Waals surface area contributed by atoms with Crippen LogP contribution in [-0.2, 0) is 11.2 Å². The molecule has 0 saturated carbocycles. The van der Waals surface area contributed by atoms with Crippen LogP contribution in [0.5, 0.6) is 0 Å². The number of hydrogen-bond acceptors (Lipinski definition) is 3. The minimum Gasteiger partial charge on any atom is -0.380 e. The van der Waals surface area contributed by atoms with E-state index in [0.717, 1.165) is 13.0 Å². The molecule has 1 rings (SSSR count). The average molecular weight is 222 g/mol. The molecule has 0 spiro atoms. The van der Waals surface area contributed by atoms with Gasteiger partial charge in [0.15, 0.2) is 0 Å². The van der Waals surface area contributed by atoms with E-state index in [4.69, 9.17) is 10.6 Å². The Labute approximate surface area is 98.0 Å². The molecule has 0 saturated heterocycles. The molecular formula is C13H22N2O. The fourth-order valence-corrected chi connectivity index (χ4v) is 1.84. The molecule has 0 radical (unpaired) electrons. The van der Waals surface area contributed by atoms with Crippen molar-refractivity contribution in [2.24, 2.45) is 5.84 Å². The number of nitrogens with two attached hydrogens (primary N) is 1. The van der Waals surface area contributed by atoms with Gasteiger partial charge in [-0.25, -0.2) is 0 Å². The van der Waals surface area contributed by atoms with Crippen molar-refractivity contribution in [2.75, 3.05) is 13.2 Å². The Kier molecular flexibility index (Phi) is 5.46. The molecule has 90 valence electrons. The van der Waals surface area contributed by atoms with Crippen molar-refractivity contribution in [1.82, 2.24) is 5.43 Å². The second-order valence-corrected chi connectivity index (χ2v) is 4.10. The van der Waals surface area contributed by atoms with Crippen LogP contribution in [0, 0.1) is 13.8 Å². The normalized spacial score (nSPS) is 12.8. The minimum absolute atomic E-state index is 0.180. The highest BCUT2D eigenvalue weighted by atomic mass is 16.5. The standard InChI is InChI=1S/C13H22N2O/c1-4-16-9-12(15-14)8-13-10(2)6-5-7-11(13)3/h5-7,12,15H,4,8-9,14H2,1-3H3. The molecule has 0 bridgehead atoms. The van der Waals surface area contributed by atoms with Crippen LogP contribution in [0.2, 0.25) is 0 Å². The predicted molar refractivity (Wildman–Crippen MR) is 67.2 cm³/mol. The van der Waals surface area contributed by atoms with Crippen LogP contribution in [0.3, 0.4) is 0 Å². The van der Waals surface area contributed by atoms with E-state index in [-0.39, 0.29) is 6.04 Å². The molecule has 0 aliphatic rings. The number of aryl methyl sites for hydroxylation is 2. The van der Waals surface area contributed by atoms with Crippen molar-refractivity contribution in [3.8, 4) is 0 Å². The molecule has 1 atom stereocenters. The highest BCUT2D eigenvalue weighted by molar-refractivity contribution is 5.34. The van der Waals surface area contributed by atoms with E-state index in [2.05, 4.69) is 37.5 Å². The zero-order valence-electron chi connectivity index (χ0n) is 10.4. The van der Waals surface area contributed by atoms with Crippen LogP contribution in [-0.4, -0.2) is 19.3 Å². The molecule has 0 heterocycles. The van der Waals surface area contributed by atoms with Crippen LogP contribution in [0.15, 0.2) is 18.2 Å². The van der Waals surface area contributed by atoms with Gasteiger partial charge in [-0.05, 0) is 43.9 Å². The first-order chi connectivity index (χ1) is 7.69. The lowest BCUT2D eigenvalue weighted by atomic mass is 9.97. The van der Waals surface area contributed by atoms with E-state index in [0.29, 0.717) is 6.61 Å². The average Bonchev–Trinajstić information content (AvgIpc) is 2.28. The zero-order chi connectivity index (χ0) is 12.0. The second kappa shape index (κ2) is 6.63. The molecule has 3 N–H and O–H groups in total. The van der Waals surface area contributed by atoms with E-state index in [1.54, 1.807) is 0 Å². The van der Waals surface area contributed by atoms with Gasteiger partial charge in [-0.1, -0.05) is 18.2 Å². The molecule has 0 aromatic heterocycles. The molecule has 0 fully saturated rings. The molecule has 0 aliphatic heterocycles. The highest BCUT2D eigenvalue weighted by Crippen LogP contribution is 2.15. The van der Waals surface area contributed by atoms with Crippen molar-refractivity contribution in [3.05, 3.63) is 34.9 Å². The van der Waals surface area contributed by atoms with Gasteiger partial charge in [0.2, 0.25) is 0 Å². The van der Waals surface area contributed by atoms with E-state index in [1.165, 1.54) is 16.7 Å². The van der Waals surface area contributed by atoms with Gasteiger partial charge in [0.1, 0.15) is 0 Å². The summed E-state index contributed by atoms with van der Waals surface area (Å²) in [5.74, 6) is 5.53. The van der Waals surface area contributed by atoms with Crippen molar-refractivity contribution in [1.29, 1.82) is 0 Å². The summed E-state index contributed by atoms with van der Waals surface area (Å²) in [4.78, 5) is 0. The van der Waals surface area contributed by atoms with Gasteiger partial charge in [-0.3, -0.25) is 11.3 Å². The van der Waals surface area contributed by atoms with Gasteiger partial charge >= 0.3 is 0 Å². The quantitative estimate of drug-likeness (QED) is 0.569. The summed E-state index contributed by atoms with van der Waals surface area (Å²) in [5.41, 5.74) is 6.81. The smallest absolute Gasteiger partial charge is 0.0636 e. The predicted octanol–water partition coefficient (Wildman–Crippen LogP) is 1.71. The molecular weight excluding hydrogens is 200 g/mol. The van der Waals surface area contributed by atoms with Gasteiger partial charge in [0, 0.05) is 12.6 Å². The molecule has 0 aliphatic carbocycles. The number of nitrogens with one attached hydrogen (secondary N) is 1. The molecule has 1 aromatic carbocycles. The van der Waals surface area contributed by atoms with Crippen molar-refractivity contribution >= 4 is 0 Å². The third kappa shape index (κ3) is 3.59. The number of rotatable bonds is 6. The maximum absolute atomic E-state index is 5.53. The first-order valence-electron chi connectivity index (χ1n) is 5.78. The minimum atomic E-state index is 0.180. The Morgan fingerprint density at radius 2 is 1.94 bits per heavy atom. The highest BCUT2D eigenvalue weighted by Gasteiger charge is 2.11. The van der Waals surface area contributed by atoms with Gasteiger partial charge in [-0.15, -0.1) is 0 Å². The summed E-state index contributed by atoms with van der Waals surface area (Å²) < 4.78 is 5.40. The summed E-state index contributed by atoms with van der Waals surface area (Å²) in [5, 5.41) is 0. The maximum Gasteiger partial charge on any atom is 0.0636 e. The van der Waals surface area contributed by atoms with Gasteiger partial charge in [-0.2, -0.15) is 0 Å². The van der Waals surface area contributed by atoms with E-state index < -0.39 is 0 Å². The van der Waals surface area contributed by atoms with Crippen LogP contribution in [0.4, 0.5) is 0 Å². The van der Waals surface area contributed by atoms with Gasteiger partial charge in [0.05, 0.1) is 6.61 Å². The third-order valence-electron chi connectivity index (χ3n) is 2.85. The third-order valence-corrected chi connectivity index (χ3v) is 2.85. The van der Waals surface area contributed by atoms with Crippen LogP contribution < -0.4 is 11.3 Å². The van der Waals surface area contributed by atoms with Gasteiger partial charge in [0.25, 0.3) is 0 Å². The van der Waals surface area contributed by atoms with Crippen LogP contribution in [0.1, 0.15) is 23.6 Å².